The zero-order chi connectivity index (χ0) is 13.8. The van der Waals surface area contributed by atoms with Crippen LogP contribution in [0.1, 0.15) is 26.3 Å². The van der Waals surface area contributed by atoms with Gasteiger partial charge in [-0.2, -0.15) is 13.2 Å². The standard InChI is InChI=1S/C13H18F3NO/c1-4-17-9-12(2,3)18-11-7-5-10(6-8-11)13(14,15)16/h5-8,17H,4,9H2,1-3H3. The van der Waals surface area contributed by atoms with Gasteiger partial charge in [0, 0.05) is 6.54 Å². The first kappa shape index (κ1) is 14.8. The predicted molar refractivity (Wildman–Crippen MR) is 64.7 cm³/mol. The molecule has 5 heteroatoms. The number of alkyl halides is 3. The summed E-state index contributed by atoms with van der Waals surface area (Å²) in [6.45, 7) is 7.19. The fourth-order valence-corrected chi connectivity index (χ4v) is 1.49. The molecule has 0 unspecified atom stereocenters. The lowest BCUT2D eigenvalue weighted by atomic mass is 10.1. The van der Waals surface area contributed by atoms with Crippen molar-refractivity contribution >= 4 is 0 Å². The molecule has 0 bridgehead atoms. The van der Waals surface area contributed by atoms with E-state index in [0.717, 1.165) is 18.7 Å². The molecule has 0 atom stereocenters. The summed E-state index contributed by atoms with van der Waals surface area (Å²) >= 11 is 0. The smallest absolute Gasteiger partial charge is 0.416 e. The van der Waals surface area contributed by atoms with Gasteiger partial charge in [0.2, 0.25) is 0 Å². The fraction of sp³-hybridized carbons (Fsp3) is 0.538. The monoisotopic (exact) mass is 261 g/mol. The highest BCUT2D eigenvalue weighted by atomic mass is 19.4. The molecule has 0 aliphatic rings. The number of ether oxygens (including phenoxy) is 1. The van der Waals surface area contributed by atoms with Crippen LogP contribution in [-0.2, 0) is 6.18 Å². The maximum absolute atomic E-state index is 12.4. The Kier molecular flexibility index (Phi) is 4.62. The largest absolute Gasteiger partial charge is 0.487 e. The molecule has 0 saturated carbocycles. The summed E-state index contributed by atoms with van der Waals surface area (Å²) < 4.78 is 42.8. The van der Waals surface area contributed by atoms with E-state index in [1.54, 1.807) is 0 Å². The van der Waals surface area contributed by atoms with Gasteiger partial charge in [0.15, 0.2) is 0 Å². The Balaban J connectivity index is 2.69. The maximum Gasteiger partial charge on any atom is 0.416 e. The van der Waals surface area contributed by atoms with E-state index in [1.165, 1.54) is 12.1 Å². The van der Waals surface area contributed by atoms with Crippen molar-refractivity contribution < 1.29 is 17.9 Å². The predicted octanol–water partition coefficient (Wildman–Crippen LogP) is 3.47. The van der Waals surface area contributed by atoms with E-state index in [1.807, 2.05) is 20.8 Å². The third kappa shape index (κ3) is 4.56. The number of hydrogen-bond donors (Lipinski definition) is 1. The molecular weight excluding hydrogens is 243 g/mol. The molecule has 0 spiro atoms. The van der Waals surface area contributed by atoms with Crippen molar-refractivity contribution in [2.75, 3.05) is 13.1 Å². The van der Waals surface area contributed by atoms with E-state index in [-0.39, 0.29) is 0 Å². The Labute approximate surface area is 105 Å². The molecule has 1 aromatic rings. The lowest BCUT2D eigenvalue weighted by molar-refractivity contribution is -0.137. The second kappa shape index (κ2) is 5.61. The minimum atomic E-state index is -4.31. The van der Waals surface area contributed by atoms with Crippen LogP contribution >= 0.6 is 0 Å². The van der Waals surface area contributed by atoms with Crippen molar-refractivity contribution in [3.63, 3.8) is 0 Å². The molecule has 0 saturated heterocycles. The molecule has 0 radical (unpaired) electrons. The van der Waals surface area contributed by atoms with Crippen LogP contribution in [0.5, 0.6) is 5.75 Å². The van der Waals surface area contributed by atoms with Gasteiger partial charge >= 0.3 is 6.18 Å². The topological polar surface area (TPSA) is 21.3 Å². The molecule has 1 aromatic carbocycles. The van der Waals surface area contributed by atoms with Crippen molar-refractivity contribution in [1.29, 1.82) is 0 Å². The molecule has 102 valence electrons. The van der Waals surface area contributed by atoms with Crippen LogP contribution < -0.4 is 10.1 Å². The normalized spacial score (nSPS) is 12.6. The van der Waals surface area contributed by atoms with E-state index in [0.29, 0.717) is 12.3 Å². The van der Waals surface area contributed by atoms with Gasteiger partial charge in [-0.3, -0.25) is 0 Å². The summed E-state index contributed by atoms with van der Waals surface area (Å²) in [5.74, 6) is 0.436. The van der Waals surface area contributed by atoms with Crippen LogP contribution in [0.3, 0.4) is 0 Å². The molecule has 0 aliphatic carbocycles. The lowest BCUT2D eigenvalue weighted by Crippen LogP contribution is -2.40. The first-order chi connectivity index (χ1) is 8.24. The minimum Gasteiger partial charge on any atom is -0.487 e. The molecule has 2 nitrogen and oxygen atoms in total. The number of nitrogens with one attached hydrogen (secondary N) is 1. The fourth-order valence-electron chi connectivity index (χ4n) is 1.49. The summed E-state index contributed by atoms with van der Waals surface area (Å²) in [7, 11) is 0. The molecule has 0 heterocycles. The molecule has 1 N–H and O–H groups in total. The van der Waals surface area contributed by atoms with Gasteiger partial charge < -0.3 is 10.1 Å². The maximum atomic E-state index is 12.4. The minimum absolute atomic E-state index is 0.436. The Bertz CT molecular complexity index is 371. The molecule has 0 aliphatic heterocycles. The highest BCUT2D eigenvalue weighted by molar-refractivity contribution is 5.29. The summed E-state index contributed by atoms with van der Waals surface area (Å²) in [5.41, 5.74) is -1.13. The molecule has 0 aromatic heterocycles. The van der Waals surface area contributed by atoms with Gasteiger partial charge in [-0.25, -0.2) is 0 Å². The van der Waals surface area contributed by atoms with Gasteiger partial charge in [-0.1, -0.05) is 6.92 Å². The second-order valence-corrected chi connectivity index (χ2v) is 4.66. The van der Waals surface area contributed by atoms with Crippen LogP contribution in [0.15, 0.2) is 24.3 Å². The van der Waals surface area contributed by atoms with Gasteiger partial charge in [0.1, 0.15) is 11.4 Å². The number of likely N-dealkylation sites (N-methyl/N-ethyl adjacent to an activating group) is 1. The Morgan fingerprint density at radius 3 is 2.11 bits per heavy atom. The van der Waals surface area contributed by atoms with Crippen LogP contribution in [0.4, 0.5) is 13.2 Å². The van der Waals surface area contributed by atoms with Crippen LogP contribution in [0, 0.1) is 0 Å². The van der Waals surface area contributed by atoms with E-state index in [4.69, 9.17) is 4.74 Å². The van der Waals surface area contributed by atoms with Crippen molar-refractivity contribution in [2.24, 2.45) is 0 Å². The van der Waals surface area contributed by atoms with Crippen LogP contribution in [0.25, 0.3) is 0 Å². The number of hydrogen-bond acceptors (Lipinski definition) is 2. The van der Waals surface area contributed by atoms with E-state index in [2.05, 4.69) is 5.32 Å². The van der Waals surface area contributed by atoms with Gasteiger partial charge in [0.25, 0.3) is 0 Å². The average Bonchev–Trinajstić information content (AvgIpc) is 2.25. The highest BCUT2D eigenvalue weighted by Gasteiger charge is 2.30. The Morgan fingerprint density at radius 2 is 1.67 bits per heavy atom. The first-order valence-electron chi connectivity index (χ1n) is 5.81. The van der Waals surface area contributed by atoms with E-state index < -0.39 is 17.3 Å². The Hall–Kier alpha value is -1.23. The Morgan fingerprint density at radius 1 is 1.11 bits per heavy atom. The molecule has 1 rings (SSSR count). The zero-order valence-electron chi connectivity index (χ0n) is 10.8. The second-order valence-electron chi connectivity index (χ2n) is 4.66. The average molecular weight is 261 g/mol. The molecular formula is C13H18F3NO. The summed E-state index contributed by atoms with van der Waals surface area (Å²) in [6, 6.07) is 4.74. The van der Waals surface area contributed by atoms with Crippen molar-refractivity contribution in [2.45, 2.75) is 32.5 Å². The number of halogens is 3. The molecule has 18 heavy (non-hydrogen) atoms. The first-order valence-corrected chi connectivity index (χ1v) is 5.81. The van der Waals surface area contributed by atoms with Gasteiger partial charge in [-0.05, 0) is 44.7 Å². The van der Waals surface area contributed by atoms with E-state index in [9.17, 15) is 13.2 Å². The quantitative estimate of drug-likeness (QED) is 0.876. The lowest BCUT2D eigenvalue weighted by Gasteiger charge is -2.26. The number of rotatable bonds is 5. The third-order valence-electron chi connectivity index (χ3n) is 2.38. The molecule has 0 amide bonds. The van der Waals surface area contributed by atoms with Crippen molar-refractivity contribution in [3.8, 4) is 5.75 Å². The highest BCUT2D eigenvalue weighted by Crippen LogP contribution is 2.30. The van der Waals surface area contributed by atoms with Crippen molar-refractivity contribution in [3.05, 3.63) is 29.8 Å². The SMILES string of the molecule is CCNCC(C)(C)Oc1ccc(C(F)(F)F)cc1. The number of benzene rings is 1. The van der Waals surface area contributed by atoms with Crippen LogP contribution in [-0.4, -0.2) is 18.7 Å². The zero-order valence-corrected chi connectivity index (χ0v) is 10.8. The van der Waals surface area contributed by atoms with Crippen LogP contribution in [0.2, 0.25) is 0 Å². The summed E-state index contributed by atoms with van der Waals surface area (Å²) in [4.78, 5) is 0. The van der Waals surface area contributed by atoms with Gasteiger partial charge in [0.05, 0.1) is 5.56 Å². The summed E-state index contributed by atoms with van der Waals surface area (Å²) in [5, 5.41) is 3.14. The summed E-state index contributed by atoms with van der Waals surface area (Å²) in [6.07, 6.45) is -4.31. The van der Waals surface area contributed by atoms with Crippen molar-refractivity contribution in [1.82, 2.24) is 5.32 Å². The third-order valence-corrected chi connectivity index (χ3v) is 2.38. The van der Waals surface area contributed by atoms with E-state index >= 15 is 0 Å². The molecule has 0 fully saturated rings. The van der Waals surface area contributed by atoms with Gasteiger partial charge in [-0.15, -0.1) is 0 Å².